The first-order valence-corrected chi connectivity index (χ1v) is 5.70. The van der Waals surface area contributed by atoms with Gasteiger partial charge in [-0.1, -0.05) is 13.8 Å². The summed E-state index contributed by atoms with van der Waals surface area (Å²) in [4.78, 5) is 1.42. The molecule has 0 aromatic heterocycles. The molecule has 0 amide bonds. The summed E-state index contributed by atoms with van der Waals surface area (Å²) >= 11 is 0. The zero-order chi connectivity index (χ0) is 12.9. The molecule has 0 aromatic rings. The van der Waals surface area contributed by atoms with Crippen LogP contribution in [0.3, 0.4) is 0 Å². The second-order valence-corrected chi connectivity index (χ2v) is 4.88. The van der Waals surface area contributed by atoms with Gasteiger partial charge in [-0.25, -0.2) is 0 Å². The van der Waals surface area contributed by atoms with Crippen LogP contribution >= 0.6 is 0 Å². The van der Waals surface area contributed by atoms with E-state index in [9.17, 15) is 13.2 Å². The molecule has 1 atom stereocenters. The lowest BCUT2D eigenvalue weighted by Crippen LogP contribution is -2.42. The predicted octanol–water partition coefficient (Wildman–Crippen LogP) is 2.63. The highest BCUT2D eigenvalue weighted by Gasteiger charge is 2.31. The van der Waals surface area contributed by atoms with E-state index in [-0.39, 0.29) is 12.1 Å². The molecule has 0 heterocycles. The van der Waals surface area contributed by atoms with Gasteiger partial charge >= 0.3 is 6.18 Å². The maximum Gasteiger partial charge on any atom is 0.401 e. The van der Waals surface area contributed by atoms with E-state index in [1.807, 2.05) is 13.8 Å². The topological polar surface area (TPSA) is 29.3 Å². The van der Waals surface area contributed by atoms with E-state index in [1.54, 1.807) is 13.8 Å². The molecule has 0 aliphatic rings. The summed E-state index contributed by atoms with van der Waals surface area (Å²) in [5.41, 5.74) is 5.82. The van der Waals surface area contributed by atoms with Gasteiger partial charge in [-0.2, -0.15) is 13.2 Å². The van der Waals surface area contributed by atoms with E-state index < -0.39 is 12.7 Å². The number of hydrogen-bond acceptors (Lipinski definition) is 2. The molecule has 0 saturated heterocycles. The van der Waals surface area contributed by atoms with Crippen molar-refractivity contribution in [2.45, 2.75) is 52.4 Å². The number of hydrogen-bond donors (Lipinski definition) is 1. The molecule has 0 aliphatic heterocycles. The molecule has 0 radical (unpaired) electrons. The van der Waals surface area contributed by atoms with E-state index in [0.29, 0.717) is 18.9 Å². The van der Waals surface area contributed by atoms with Crippen molar-refractivity contribution in [3.05, 3.63) is 0 Å². The van der Waals surface area contributed by atoms with Gasteiger partial charge in [0.05, 0.1) is 6.54 Å². The monoisotopic (exact) mass is 240 g/mol. The Kier molecular flexibility index (Phi) is 6.33. The summed E-state index contributed by atoms with van der Waals surface area (Å²) in [6, 6.07) is -0.143. The van der Waals surface area contributed by atoms with Crippen LogP contribution in [0.25, 0.3) is 0 Å². The molecule has 0 rings (SSSR count). The van der Waals surface area contributed by atoms with Crippen molar-refractivity contribution < 1.29 is 13.2 Å². The smallest absolute Gasteiger partial charge is 0.327 e. The van der Waals surface area contributed by atoms with E-state index >= 15 is 0 Å². The largest absolute Gasteiger partial charge is 0.401 e. The average Bonchev–Trinajstić information content (AvgIpc) is 2.09. The Morgan fingerprint density at radius 3 is 1.94 bits per heavy atom. The van der Waals surface area contributed by atoms with Crippen LogP contribution in [0.5, 0.6) is 0 Å². The average molecular weight is 240 g/mol. The first-order valence-electron chi connectivity index (χ1n) is 5.70. The molecule has 2 N–H and O–H groups in total. The van der Waals surface area contributed by atoms with Crippen LogP contribution < -0.4 is 5.73 Å². The van der Waals surface area contributed by atoms with Crippen molar-refractivity contribution in [2.24, 2.45) is 11.7 Å². The van der Waals surface area contributed by atoms with Crippen LogP contribution in [0.2, 0.25) is 0 Å². The fourth-order valence-corrected chi connectivity index (χ4v) is 1.40. The first kappa shape index (κ1) is 15.7. The van der Waals surface area contributed by atoms with E-state index in [4.69, 9.17) is 5.73 Å². The van der Waals surface area contributed by atoms with Gasteiger partial charge in [-0.15, -0.1) is 0 Å². The Balaban J connectivity index is 4.15. The molecule has 0 fully saturated rings. The number of nitrogens with zero attached hydrogens (tertiary/aromatic N) is 1. The van der Waals surface area contributed by atoms with Gasteiger partial charge in [0.25, 0.3) is 0 Å². The fourth-order valence-electron chi connectivity index (χ4n) is 1.40. The molecule has 5 heteroatoms. The summed E-state index contributed by atoms with van der Waals surface area (Å²) in [7, 11) is 0. The molecular weight excluding hydrogens is 217 g/mol. The van der Waals surface area contributed by atoms with Gasteiger partial charge in [0.2, 0.25) is 0 Å². The SMILES string of the molecule is CC(C)C(N)CCN(CC(F)(F)F)C(C)C. The quantitative estimate of drug-likeness (QED) is 0.773. The second-order valence-electron chi connectivity index (χ2n) is 4.88. The summed E-state index contributed by atoms with van der Waals surface area (Å²) in [5.74, 6) is 0.305. The zero-order valence-corrected chi connectivity index (χ0v) is 10.5. The molecular formula is C11H23F3N2. The lowest BCUT2D eigenvalue weighted by molar-refractivity contribution is -0.149. The highest BCUT2D eigenvalue weighted by Crippen LogP contribution is 2.18. The number of halogens is 3. The third kappa shape index (κ3) is 7.06. The Morgan fingerprint density at radius 2 is 1.62 bits per heavy atom. The number of rotatable bonds is 6. The summed E-state index contributed by atoms with van der Waals surface area (Å²) in [5, 5.41) is 0. The van der Waals surface area contributed by atoms with Crippen molar-refractivity contribution in [1.29, 1.82) is 0 Å². The Bertz CT molecular complexity index is 190. The molecule has 0 bridgehead atoms. The standard InChI is InChI=1S/C11H23F3N2/c1-8(2)10(15)5-6-16(9(3)4)7-11(12,13)14/h8-10H,5-7,15H2,1-4H3. The molecule has 2 nitrogen and oxygen atoms in total. The van der Waals surface area contributed by atoms with E-state index in [0.717, 1.165) is 0 Å². The third-order valence-corrected chi connectivity index (χ3v) is 2.72. The molecule has 0 aliphatic carbocycles. The van der Waals surface area contributed by atoms with Gasteiger partial charge in [0.1, 0.15) is 0 Å². The number of nitrogens with two attached hydrogens (primary N) is 1. The Hall–Kier alpha value is -0.290. The molecule has 1 unspecified atom stereocenters. The number of alkyl halides is 3. The normalized spacial score (nSPS) is 15.2. The minimum Gasteiger partial charge on any atom is -0.327 e. The fraction of sp³-hybridized carbons (Fsp3) is 1.00. The molecule has 98 valence electrons. The summed E-state index contributed by atoms with van der Waals surface area (Å²) in [6.07, 6.45) is -3.53. The van der Waals surface area contributed by atoms with E-state index in [2.05, 4.69) is 0 Å². The van der Waals surface area contributed by atoms with Gasteiger partial charge in [-0.3, -0.25) is 4.90 Å². The first-order chi connectivity index (χ1) is 7.13. The van der Waals surface area contributed by atoms with Crippen LogP contribution in [-0.4, -0.2) is 36.2 Å². The Morgan fingerprint density at radius 1 is 1.12 bits per heavy atom. The lowest BCUT2D eigenvalue weighted by atomic mass is 10.0. The van der Waals surface area contributed by atoms with Crippen LogP contribution in [0, 0.1) is 5.92 Å². The van der Waals surface area contributed by atoms with Crippen molar-refractivity contribution in [2.75, 3.05) is 13.1 Å². The summed E-state index contributed by atoms with van der Waals surface area (Å²) < 4.78 is 36.8. The lowest BCUT2D eigenvalue weighted by Gasteiger charge is -2.29. The van der Waals surface area contributed by atoms with Gasteiger partial charge in [-0.05, 0) is 26.2 Å². The van der Waals surface area contributed by atoms with Crippen LogP contribution in [0.4, 0.5) is 13.2 Å². The third-order valence-electron chi connectivity index (χ3n) is 2.72. The summed E-state index contributed by atoms with van der Waals surface area (Å²) in [6.45, 7) is 7.05. The maximum absolute atomic E-state index is 12.3. The highest BCUT2D eigenvalue weighted by molar-refractivity contribution is 4.72. The molecule has 0 aromatic carbocycles. The molecule has 16 heavy (non-hydrogen) atoms. The van der Waals surface area contributed by atoms with Crippen molar-refractivity contribution >= 4 is 0 Å². The Labute approximate surface area is 96.0 Å². The minimum absolute atomic E-state index is 0.0329. The van der Waals surface area contributed by atoms with E-state index in [1.165, 1.54) is 4.90 Å². The van der Waals surface area contributed by atoms with Gasteiger partial charge in [0.15, 0.2) is 0 Å². The zero-order valence-electron chi connectivity index (χ0n) is 10.5. The van der Waals surface area contributed by atoms with Crippen molar-refractivity contribution in [1.82, 2.24) is 4.90 Å². The predicted molar refractivity (Wildman–Crippen MR) is 60.2 cm³/mol. The van der Waals surface area contributed by atoms with Crippen molar-refractivity contribution in [3.63, 3.8) is 0 Å². The maximum atomic E-state index is 12.3. The molecule has 0 saturated carbocycles. The van der Waals surface area contributed by atoms with Gasteiger partial charge in [0, 0.05) is 18.6 Å². The van der Waals surface area contributed by atoms with Crippen LogP contribution in [0.15, 0.2) is 0 Å². The minimum atomic E-state index is -4.13. The van der Waals surface area contributed by atoms with Crippen molar-refractivity contribution in [3.8, 4) is 0 Å². The highest BCUT2D eigenvalue weighted by atomic mass is 19.4. The second kappa shape index (κ2) is 6.45. The van der Waals surface area contributed by atoms with Crippen LogP contribution in [-0.2, 0) is 0 Å². The van der Waals surface area contributed by atoms with Crippen LogP contribution in [0.1, 0.15) is 34.1 Å². The molecule has 0 spiro atoms. The van der Waals surface area contributed by atoms with Gasteiger partial charge < -0.3 is 5.73 Å².